The second-order valence-electron chi connectivity index (χ2n) is 3.05. The molecule has 6 nitrogen and oxygen atoms in total. The lowest BCUT2D eigenvalue weighted by atomic mass is 10.1. The molecule has 0 saturated heterocycles. The van der Waals surface area contributed by atoms with Crippen molar-refractivity contribution < 1.29 is 23.5 Å². The number of carboxylic acids is 1. The molecule has 0 saturated carbocycles. The van der Waals surface area contributed by atoms with Crippen LogP contribution < -0.4 is 0 Å². The Balaban J connectivity index is 3.19. The molecule has 86 valence electrons. The van der Waals surface area contributed by atoms with Gasteiger partial charge in [-0.25, -0.2) is 13.2 Å². The van der Waals surface area contributed by atoms with Crippen LogP contribution in [0.25, 0.3) is 0 Å². The zero-order valence-corrected chi connectivity index (χ0v) is 9.10. The average molecular weight is 243 g/mol. The van der Waals surface area contributed by atoms with Gasteiger partial charge in [0.2, 0.25) is 0 Å². The highest BCUT2D eigenvalue weighted by molar-refractivity contribution is 7.90. The van der Waals surface area contributed by atoms with Crippen molar-refractivity contribution in [2.24, 2.45) is 5.16 Å². The maximum atomic E-state index is 11.1. The molecule has 7 heteroatoms. The molecule has 16 heavy (non-hydrogen) atoms. The molecule has 0 amide bonds. The molecule has 0 aromatic heterocycles. The number of hydrogen-bond donors (Lipinski definition) is 2. The summed E-state index contributed by atoms with van der Waals surface area (Å²) < 4.78 is 22.2. The highest BCUT2D eigenvalue weighted by Crippen LogP contribution is 2.11. The Morgan fingerprint density at radius 3 is 2.06 bits per heavy atom. The summed E-state index contributed by atoms with van der Waals surface area (Å²) in [7, 11) is -3.32. The Morgan fingerprint density at radius 1 is 1.25 bits per heavy atom. The molecule has 0 unspecified atom stereocenters. The third kappa shape index (κ3) is 2.57. The fourth-order valence-corrected chi connectivity index (χ4v) is 1.71. The number of sulfone groups is 1. The lowest BCUT2D eigenvalue weighted by Crippen LogP contribution is -2.14. The highest BCUT2D eigenvalue weighted by atomic mass is 32.2. The lowest BCUT2D eigenvalue weighted by Gasteiger charge is -2.01. The summed E-state index contributed by atoms with van der Waals surface area (Å²) in [5.74, 6) is -1.39. The Morgan fingerprint density at radius 2 is 1.75 bits per heavy atom. The van der Waals surface area contributed by atoms with E-state index in [1.165, 1.54) is 24.3 Å². The van der Waals surface area contributed by atoms with Crippen LogP contribution >= 0.6 is 0 Å². The minimum atomic E-state index is -3.32. The molecule has 1 aromatic carbocycles. The molecule has 0 aliphatic carbocycles. The van der Waals surface area contributed by atoms with Gasteiger partial charge in [-0.3, -0.25) is 0 Å². The predicted molar refractivity (Wildman–Crippen MR) is 55.5 cm³/mol. The Kier molecular flexibility index (Phi) is 3.28. The van der Waals surface area contributed by atoms with Crippen LogP contribution in [-0.2, 0) is 14.6 Å². The van der Waals surface area contributed by atoms with Gasteiger partial charge in [0.05, 0.1) is 4.90 Å². The van der Waals surface area contributed by atoms with E-state index in [2.05, 4.69) is 5.16 Å². The molecule has 0 bridgehead atoms. The van der Waals surface area contributed by atoms with Gasteiger partial charge in [0, 0.05) is 11.8 Å². The average Bonchev–Trinajstić information content (AvgIpc) is 2.17. The van der Waals surface area contributed by atoms with Crippen LogP contribution in [0.3, 0.4) is 0 Å². The molecule has 0 heterocycles. The van der Waals surface area contributed by atoms with E-state index in [1.54, 1.807) is 0 Å². The van der Waals surface area contributed by atoms with Crippen molar-refractivity contribution in [3.05, 3.63) is 29.8 Å². The molecule has 0 aliphatic heterocycles. The van der Waals surface area contributed by atoms with Gasteiger partial charge in [-0.1, -0.05) is 17.3 Å². The SMILES string of the molecule is CS(=O)(=O)c1ccc(C(=NO)C(=O)O)cc1. The second kappa shape index (κ2) is 4.31. The first-order valence-electron chi connectivity index (χ1n) is 4.12. The van der Waals surface area contributed by atoms with Gasteiger partial charge in [0.25, 0.3) is 0 Å². The number of carbonyl (C=O) groups is 1. The largest absolute Gasteiger partial charge is 0.476 e. The molecule has 0 spiro atoms. The van der Waals surface area contributed by atoms with E-state index in [0.717, 1.165) is 6.26 Å². The number of rotatable bonds is 3. The van der Waals surface area contributed by atoms with Crippen molar-refractivity contribution in [2.45, 2.75) is 4.90 Å². The number of hydrogen-bond acceptors (Lipinski definition) is 5. The van der Waals surface area contributed by atoms with E-state index in [1.807, 2.05) is 0 Å². The lowest BCUT2D eigenvalue weighted by molar-refractivity contribution is -0.129. The van der Waals surface area contributed by atoms with E-state index in [0.29, 0.717) is 0 Å². The van der Waals surface area contributed by atoms with Crippen LogP contribution in [0.2, 0.25) is 0 Å². The molecule has 0 aliphatic rings. The first-order valence-corrected chi connectivity index (χ1v) is 6.01. The maximum Gasteiger partial charge on any atom is 0.358 e. The monoisotopic (exact) mass is 243 g/mol. The molecule has 1 rings (SSSR count). The van der Waals surface area contributed by atoms with Gasteiger partial charge in [0.1, 0.15) is 0 Å². The summed E-state index contributed by atoms with van der Waals surface area (Å²) >= 11 is 0. The summed E-state index contributed by atoms with van der Waals surface area (Å²) in [6.07, 6.45) is 1.04. The third-order valence-corrected chi connectivity index (χ3v) is 2.99. The van der Waals surface area contributed by atoms with E-state index in [9.17, 15) is 13.2 Å². The first-order chi connectivity index (χ1) is 7.36. The Labute approximate surface area is 91.8 Å². The smallest absolute Gasteiger partial charge is 0.358 e. The van der Waals surface area contributed by atoms with E-state index < -0.39 is 21.5 Å². The normalized spacial score (nSPS) is 12.4. The van der Waals surface area contributed by atoms with Crippen molar-refractivity contribution in [3.8, 4) is 0 Å². The Bertz CT molecular complexity index is 530. The number of nitrogens with zero attached hydrogens (tertiary/aromatic N) is 1. The van der Waals surface area contributed by atoms with Crippen LogP contribution in [0.1, 0.15) is 5.56 Å². The topological polar surface area (TPSA) is 104 Å². The number of benzene rings is 1. The summed E-state index contributed by atoms with van der Waals surface area (Å²) in [6, 6.07) is 5.02. The van der Waals surface area contributed by atoms with Crippen molar-refractivity contribution >= 4 is 21.5 Å². The molecule has 0 radical (unpaired) electrons. The van der Waals surface area contributed by atoms with Gasteiger partial charge >= 0.3 is 5.97 Å². The van der Waals surface area contributed by atoms with E-state index in [-0.39, 0.29) is 10.5 Å². The third-order valence-electron chi connectivity index (χ3n) is 1.86. The van der Waals surface area contributed by atoms with Crippen LogP contribution in [0.4, 0.5) is 0 Å². The van der Waals surface area contributed by atoms with Crippen molar-refractivity contribution in [1.82, 2.24) is 0 Å². The summed E-state index contributed by atoms with van der Waals surface area (Å²) in [4.78, 5) is 10.7. The molecule has 0 atom stereocenters. The van der Waals surface area contributed by atoms with Crippen molar-refractivity contribution in [3.63, 3.8) is 0 Å². The van der Waals surface area contributed by atoms with E-state index in [4.69, 9.17) is 10.3 Å². The van der Waals surface area contributed by atoms with E-state index >= 15 is 0 Å². The van der Waals surface area contributed by atoms with Crippen LogP contribution in [-0.4, -0.2) is 36.7 Å². The minimum Gasteiger partial charge on any atom is -0.476 e. The zero-order valence-electron chi connectivity index (χ0n) is 8.28. The van der Waals surface area contributed by atoms with Crippen molar-refractivity contribution in [2.75, 3.05) is 6.26 Å². The maximum absolute atomic E-state index is 11.1. The van der Waals surface area contributed by atoms with Gasteiger partial charge in [-0.2, -0.15) is 0 Å². The van der Waals surface area contributed by atoms with Crippen molar-refractivity contribution in [1.29, 1.82) is 0 Å². The minimum absolute atomic E-state index is 0.0685. The molecule has 2 N–H and O–H groups in total. The van der Waals surface area contributed by atoms with Crippen LogP contribution in [0.5, 0.6) is 0 Å². The summed E-state index contributed by atoms with van der Waals surface area (Å²) in [5, 5.41) is 19.7. The second-order valence-corrected chi connectivity index (χ2v) is 5.07. The molecule has 0 fully saturated rings. The number of aliphatic carboxylic acids is 1. The van der Waals surface area contributed by atoms with Crippen LogP contribution in [0.15, 0.2) is 34.3 Å². The first kappa shape index (κ1) is 12.2. The number of carboxylic acid groups (broad SMARTS) is 1. The highest BCUT2D eigenvalue weighted by Gasteiger charge is 2.14. The summed E-state index contributed by atoms with van der Waals surface area (Å²) in [5.41, 5.74) is -0.414. The zero-order chi connectivity index (χ0) is 12.3. The fourth-order valence-electron chi connectivity index (χ4n) is 1.08. The molecular formula is C9H9NO5S. The number of oxime groups is 1. The standard InChI is InChI=1S/C9H9NO5S/c1-16(14,15)7-4-2-6(3-5-7)8(10-13)9(11)12/h2-5,13H,1H3,(H,11,12). The van der Waals surface area contributed by atoms with Gasteiger partial charge in [-0.05, 0) is 12.1 Å². The molecule has 1 aromatic rings. The predicted octanol–water partition coefficient (Wildman–Crippen LogP) is 0.353. The van der Waals surface area contributed by atoms with Gasteiger partial charge in [0.15, 0.2) is 15.5 Å². The Hall–Kier alpha value is -1.89. The van der Waals surface area contributed by atoms with Gasteiger partial charge in [-0.15, -0.1) is 0 Å². The fraction of sp³-hybridized carbons (Fsp3) is 0.111. The van der Waals surface area contributed by atoms with Gasteiger partial charge < -0.3 is 10.3 Å². The molecular weight excluding hydrogens is 234 g/mol. The quantitative estimate of drug-likeness (QED) is 0.453. The summed E-state index contributed by atoms with van der Waals surface area (Å²) in [6.45, 7) is 0. The van der Waals surface area contributed by atoms with Crippen LogP contribution in [0, 0.1) is 0 Å².